The van der Waals surface area contributed by atoms with E-state index >= 15 is 0 Å². The van der Waals surface area contributed by atoms with Gasteiger partial charge in [-0.3, -0.25) is 0 Å². The van der Waals surface area contributed by atoms with Crippen LogP contribution >= 0.6 is 43.2 Å². The maximum atomic E-state index is 10.9. The number of benzene rings is 1. The molecule has 0 saturated carbocycles. The molecule has 0 atom stereocenters. The number of thiophene rings is 1. The third kappa shape index (κ3) is 3.58. The SMILES string of the molecule is Cc1sc(C(=O)O)cc1CNc1ccc(Br)cc1Br. The highest BCUT2D eigenvalue weighted by molar-refractivity contribution is 9.11. The highest BCUT2D eigenvalue weighted by Crippen LogP contribution is 2.28. The molecule has 100 valence electrons. The van der Waals surface area contributed by atoms with Gasteiger partial charge in [0.15, 0.2) is 0 Å². The summed E-state index contributed by atoms with van der Waals surface area (Å²) in [5, 5.41) is 12.3. The van der Waals surface area contributed by atoms with Crippen LogP contribution in [-0.2, 0) is 6.54 Å². The Hall–Kier alpha value is -0.850. The zero-order valence-electron chi connectivity index (χ0n) is 10.0. The second kappa shape index (κ2) is 6.07. The van der Waals surface area contributed by atoms with Gasteiger partial charge in [-0.05, 0) is 52.7 Å². The molecule has 19 heavy (non-hydrogen) atoms. The van der Waals surface area contributed by atoms with Crippen LogP contribution in [0.1, 0.15) is 20.1 Å². The number of carboxylic acid groups (broad SMARTS) is 1. The van der Waals surface area contributed by atoms with Crippen molar-refractivity contribution in [3.05, 3.63) is 48.5 Å². The van der Waals surface area contributed by atoms with E-state index in [1.165, 1.54) is 11.3 Å². The zero-order chi connectivity index (χ0) is 14.0. The molecule has 0 amide bonds. The number of aromatic carboxylic acids is 1. The van der Waals surface area contributed by atoms with E-state index in [2.05, 4.69) is 37.2 Å². The number of rotatable bonds is 4. The largest absolute Gasteiger partial charge is 0.477 e. The van der Waals surface area contributed by atoms with Gasteiger partial charge >= 0.3 is 5.97 Å². The van der Waals surface area contributed by atoms with Gasteiger partial charge < -0.3 is 10.4 Å². The molecule has 6 heteroatoms. The number of aryl methyl sites for hydroxylation is 1. The van der Waals surface area contributed by atoms with Crippen LogP contribution in [0, 0.1) is 6.92 Å². The molecule has 1 aromatic carbocycles. The smallest absolute Gasteiger partial charge is 0.345 e. The van der Waals surface area contributed by atoms with E-state index in [1.54, 1.807) is 6.07 Å². The van der Waals surface area contributed by atoms with E-state index in [1.807, 2.05) is 25.1 Å². The molecule has 2 rings (SSSR count). The Labute approximate surface area is 131 Å². The fourth-order valence-electron chi connectivity index (χ4n) is 1.62. The second-order valence-corrected chi connectivity index (χ2v) is 7.00. The Morgan fingerprint density at radius 2 is 2.11 bits per heavy atom. The van der Waals surface area contributed by atoms with E-state index in [0.29, 0.717) is 11.4 Å². The third-order valence-corrected chi connectivity index (χ3v) is 4.86. The summed E-state index contributed by atoms with van der Waals surface area (Å²) in [5.74, 6) is -0.871. The molecule has 3 nitrogen and oxygen atoms in total. The lowest BCUT2D eigenvalue weighted by atomic mass is 10.2. The van der Waals surface area contributed by atoms with Crippen molar-refractivity contribution in [3.63, 3.8) is 0 Å². The number of carbonyl (C=O) groups is 1. The number of halogens is 2. The summed E-state index contributed by atoms with van der Waals surface area (Å²) < 4.78 is 1.97. The molecule has 0 spiro atoms. The molecule has 0 aliphatic rings. The van der Waals surface area contributed by atoms with Crippen LogP contribution in [-0.4, -0.2) is 11.1 Å². The Kier molecular flexibility index (Phi) is 4.65. The van der Waals surface area contributed by atoms with E-state index in [9.17, 15) is 4.79 Å². The van der Waals surface area contributed by atoms with Crippen LogP contribution < -0.4 is 5.32 Å². The van der Waals surface area contributed by atoms with Crippen molar-refractivity contribution in [2.45, 2.75) is 13.5 Å². The highest BCUT2D eigenvalue weighted by atomic mass is 79.9. The quantitative estimate of drug-likeness (QED) is 0.762. The van der Waals surface area contributed by atoms with Gasteiger partial charge in [0.1, 0.15) is 4.88 Å². The van der Waals surface area contributed by atoms with Crippen molar-refractivity contribution in [2.24, 2.45) is 0 Å². The minimum atomic E-state index is -0.871. The monoisotopic (exact) mass is 403 g/mol. The van der Waals surface area contributed by atoms with Crippen LogP contribution in [0.3, 0.4) is 0 Å². The van der Waals surface area contributed by atoms with E-state index < -0.39 is 5.97 Å². The van der Waals surface area contributed by atoms with Gasteiger partial charge in [-0.1, -0.05) is 15.9 Å². The van der Waals surface area contributed by atoms with Crippen LogP contribution in [0.5, 0.6) is 0 Å². The fraction of sp³-hybridized carbons (Fsp3) is 0.154. The molecule has 2 aromatic rings. The maximum Gasteiger partial charge on any atom is 0.345 e. The second-order valence-electron chi connectivity index (χ2n) is 3.97. The first-order valence-electron chi connectivity index (χ1n) is 5.49. The van der Waals surface area contributed by atoms with Crippen molar-refractivity contribution in [3.8, 4) is 0 Å². The topological polar surface area (TPSA) is 49.3 Å². The first-order chi connectivity index (χ1) is 8.97. The molecule has 0 aliphatic heterocycles. The number of hydrogen-bond donors (Lipinski definition) is 2. The number of hydrogen-bond acceptors (Lipinski definition) is 3. The highest BCUT2D eigenvalue weighted by Gasteiger charge is 2.11. The summed E-state index contributed by atoms with van der Waals surface area (Å²) in [5.41, 5.74) is 1.99. The maximum absolute atomic E-state index is 10.9. The van der Waals surface area contributed by atoms with E-state index in [0.717, 1.165) is 25.1 Å². The minimum Gasteiger partial charge on any atom is -0.477 e. The predicted molar refractivity (Wildman–Crippen MR) is 85.2 cm³/mol. The first-order valence-corrected chi connectivity index (χ1v) is 7.89. The molecule has 0 aliphatic carbocycles. The Morgan fingerprint density at radius 1 is 1.37 bits per heavy atom. The van der Waals surface area contributed by atoms with Crippen molar-refractivity contribution >= 4 is 54.9 Å². The number of carboxylic acids is 1. The zero-order valence-corrected chi connectivity index (χ0v) is 14.0. The average molecular weight is 405 g/mol. The van der Waals surface area contributed by atoms with Gasteiger partial charge in [0.25, 0.3) is 0 Å². The van der Waals surface area contributed by atoms with Crippen LogP contribution in [0.25, 0.3) is 0 Å². The minimum absolute atomic E-state index is 0.379. The van der Waals surface area contributed by atoms with Crippen LogP contribution in [0.15, 0.2) is 33.2 Å². The van der Waals surface area contributed by atoms with Crippen LogP contribution in [0.4, 0.5) is 5.69 Å². The molecule has 1 aromatic heterocycles. The van der Waals surface area contributed by atoms with Gasteiger partial charge in [0, 0.05) is 26.1 Å². The van der Waals surface area contributed by atoms with E-state index in [4.69, 9.17) is 5.11 Å². The van der Waals surface area contributed by atoms with Crippen molar-refractivity contribution in [1.82, 2.24) is 0 Å². The summed E-state index contributed by atoms with van der Waals surface area (Å²) in [6, 6.07) is 7.61. The van der Waals surface area contributed by atoms with Gasteiger partial charge in [-0.25, -0.2) is 4.79 Å². The van der Waals surface area contributed by atoms with Crippen molar-refractivity contribution in [1.29, 1.82) is 0 Å². The molecule has 0 unspecified atom stereocenters. The summed E-state index contributed by atoms with van der Waals surface area (Å²) in [4.78, 5) is 12.3. The number of anilines is 1. The standard InChI is InChI=1S/C13H11Br2NO2S/c1-7-8(4-12(19-7)13(17)18)6-16-11-3-2-9(14)5-10(11)15/h2-5,16H,6H2,1H3,(H,17,18). The lowest BCUT2D eigenvalue weighted by Gasteiger charge is -2.08. The average Bonchev–Trinajstić information content (AvgIpc) is 2.70. The molecule has 0 saturated heterocycles. The van der Waals surface area contributed by atoms with Gasteiger partial charge in [-0.2, -0.15) is 0 Å². The third-order valence-electron chi connectivity index (χ3n) is 2.63. The summed E-state index contributed by atoms with van der Waals surface area (Å²) in [6.07, 6.45) is 0. The molecule has 0 bridgehead atoms. The van der Waals surface area contributed by atoms with Gasteiger partial charge in [0.2, 0.25) is 0 Å². The molecular formula is C13H11Br2NO2S. The Bertz CT molecular complexity index is 625. The number of nitrogens with one attached hydrogen (secondary N) is 1. The molecule has 1 heterocycles. The molecule has 0 radical (unpaired) electrons. The Balaban J connectivity index is 2.12. The molecular weight excluding hydrogens is 394 g/mol. The predicted octanol–water partition coefficient (Wildman–Crippen LogP) is 4.89. The summed E-state index contributed by atoms with van der Waals surface area (Å²) in [6.45, 7) is 2.54. The van der Waals surface area contributed by atoms with Crippen molar-refractivity contribution < 1.29 is 9.90 Å². The lowest BCUT2D eigenvalue weighted by molar-refractivity contribution is 0.0702. The van der Waals surface area contributed by atoms with Gasteiger partial charge in [0.05, 0.1) is 0 Å². The molecule has 0 fully saturated rings. The van der Waals surface area contributed by atoms with Gasteiger partial charge in [-0.15, -0.1) is 11.3 Å². The lowest BCUT2D eigenvalue weighted by Crippen LogP contribution is -2.00. The van der Waals surface area contributed by atoms with E-state index in [-0.39, 0.29) is 0 Å². The summed E-state index contributed by atoms with van der Waals surface area (Å²) >= 11 is 8.19. The normalized spacial score (nSPS) is 10.5. The Morgan fingerprint density at radius 3 is 2.68 bits per heavy atom. The summed E-state index contributed by atoms with van der Waals surface area (Å²) in [7, 11) is 0. The molecule has 2 N–H and O–H groups in total. The fourth-order valence-corrected chi connectivity index (χ4v) is 3.69. The van der Waals surface area contributed by atoms with Crippen molar-refractivity contribution in [2.75, 3.05) is 5.32 Å². The first kappa shape index (κ1) is 14.6. The van der Waals surface area contributed by atoms with Crippen LogP contribution in [0.2, 0.25) is 0 Å².